The predicted molar refractivity (Wildman–Crippen MR) is 108 cm³/mol. The van der Waals surface area contributed by atoms with Crippen LogP contribution in [0.1, 0.15) is 11.1 Å². The van der Waals surface area contributed by atoms with E-state index in [0.717, 1.165) is 5.56 Å². The van der Waals surface area contributed by atoms with Crippen molar-refractivity contribution >= 4 is 23.3 Å². The Hall–Kier alpha value is -3.34. The number of benzene rings is 1. The highest BCUT2D eigenvalue weighted by molar-refractivity contribution is 6.29. The van der Waals surface area contributed by atoms with Crippen molar-refractivity contribution in [1.29, 1.82) is 0 Å². The van der Waals surface area contributed by atoms with Crippen LogP contribution in [-0.2, 0) is 6.54 Å². The summed E-state index contributed by atoms with van der Waals surface area (Å²) in [6.45, 7) is 3.74. The van der Waals surface area contributed by atoms with Gasteiger partial charge in [0, 0.05) is 31.5 Å². The van der Waals surface area contributed by atoms with Crippen molar-refractivity contribution in [2.24, 2.45) is 5.10 Å². The second-order valence-corrected chi connectivity index (χ2v) is 6.96. The van der Waals surface area contributed by atoms with Gasteiger partial charge in [-0.1, -0.05) is 24.2 Å². The number of nitrogens with zero attached hydrogens (tertiary/aromatic N) is 5. The summed E-state index contributed by atoms with van der Waals surface area (Å²) in [6, 6.07) is 9.20. The maximum Gasteiger partial charge on any atom is 0.422 e. The minimum absolute atomic E-state index is 0.0475. The van der Waals surface area contributed by atoms with Crippen LogP contribution in [-0.4, -0.2) is 51.6 Å². The summed E-state index contributed by atoms with van der Waals surface area (Å²) in [4.78, 5) is 18.4. The van der Waals surface area contributed by atoms with Gasteiger partial charge in [-0.05, 0) is 41.5 Å². The van der Waals surface area contributed by atoms with Gasteiger partial charge in [0.25, 0.3) is 5.96 Å². The van der Waals surface area contributed by atoms with E-state index in [0.29, 0.717) is 36.0 Å². The van der Waals surface area contributed by atoms with Crippen molar-refractivity contribution in [1.82, 2.24) is 14.8 Å². The van der Waals surface area contributed by atoms with Gasteiger partial charge in [-0.15, -0.1) is 0 Å². The Labute approximate surface area is 180 Å². The molecule has 0 radical (unpaired) electrons. The Bertz CT molecular complexity index is 981. The third-order valence-corrected chi connectivity index (χ3v) is 4.59. The third-order valence-electron chi connectivity index (χ3n) is 4.37. The Balaban J connectivity index is 1.75. The van der Waals surface area contributed by atoms with Crippen LogP contribution in [0.4, 0.5) is 13.2 Å². The van der Waals surface area contributed by atoms with Crippen molar-refractivity contribution in [3.05, 3.63) is 75.6 Å². The van der Waals surface area contributed by atoms with Gasteiger partial charge in [0.1, 0.15) is 16.0 Å². The predicted octanol–water partition coefficient (Wildman–Crippen LogP) is 4.01. The Morgan fingerprint density at radius 2 is 1.97 bits per heavy atom. The standard InChI is InChI=1S/C19H17ClF3N5O3/c1-13(15-3-5-16(6-4-15)31-12-19(21,22)23)27-9-8-26(18(27)25-28(29)30)11-14-2-7-17(20)24-10-14/h2-7,10H,1,8-9,11-12H2/b25-18-. The fraction of sp³-hybridized carbons (Fsp3) is 0.263. The van der Waals surface area contributed by atoms with Crippen LogP contribution in [0.5, 0.6) is 5.75 Å². The van der Waals surface area contributed by atoms with E-state index in [2.05, 4.69) is 16.7 Å². The van der Waals surface area contributed by atoms with Crippen molar-refractivity contribution in [3.63, 3.8) is 0 Å². The van der Waals surface area contributed by atoms with E-state index in [1.54, 1.807) is 28.1 Å². The number of aromatic nitrogens is 1. The molecule has 2 heterocycles. The molecule has 1 fully saturated rings. The average molecular weight is 456 g/mol. The third kappa shape index (κ3) is 6.07. The molecule has 0 amide bonds. The normalized spacial score (nSPS) is 15.4. The summed E-state index contributed by atoms with van der Waals surface area (Å²) in [5, 5.41) is 14.1. The van der Waals surface area contributed by atoms with E-state index >= 15 is 0 Å². The number of nitro groups is 1. The molecule has 1 aliphatic heterocycles. The topological polar surface area (TPSA) is 84.1 Å². The summed E-state index contributed by atoms with van der Waals surface area (Å²) >= 11 is 5.79. The lowest BCUT2D eigenvalue weighted by Gasteiger charge is -2.22. The van der Waals surface area contributed by atoms with Crippen molar-refractivity contribution in [2.75, 3.05) is 19.7 Å². The first kappa shape index (κ1) is 22.3. The van der Waals surface area contributed by atoms with Crippen LogP contribution >= 0.6 is 11.6 Å². The van der Waals surface area contributed by atoms with E-state index < -0.39 is 17.8 Å². The highest BCUT2D eigenvalue weighted by atomic mass is 35.5. The minimum Gasteiger partial charge on any atom is -0.484 e. The van der Waals surface area contributed by atoms with Gasteiger partial charge in [0.15, 0.2) is 11.6 Å². The molecule has 1 aliphatic rings. The number of hydrogen-bond donors (Lipinski definition) is 0. The molecular weight excluding hydrogens is 439 g/mol. The molecule has 0 saturated carbocycles. The molecule has 0 atom stereocenters. The van der Waals surface area contributed by atoms with Gasteiger partial charge in [0.2, 0.25) is 0 Å². The van der Waals surface area contributed by atoms with Gasteiger partial charge in [0.05, 0.1) is 0 Å². The van der Waals surface area contributed by atoms with Crippen LogP contribution in [0.15, 0.2) is 54.3 Å². The molecule has 31 heavy (non-hydrogen) atoms. The maximum atomic E-state index is 12.3. The second kappa shape index (κ2) is 9.21. The first-order valence-electron chi connectivity index (χ1n) is 8.97. The van der Waals surface area contributed by atoms with E-state index in [1.807, 2.05) is 0 Å². The number of rotatable bonds is 7. The number of hydrazone groups is 1. The number of guanidine groups is 1. The van der Waals surface area contributed by atoms with Gasteiger partial charge in [-0.2, -0.15) is 13.2 Å². The van der Waals surface area contributed by atoms with Gasteiger partial charge in [-0.3, -0.25) is 0 Å². The molecule has 0 spiro atoms. The monoisotopic (exact) mass is 455 g/mol. The van der Waals surface area contributed by atoms with Crippen molar-refractivity contribution in [2.45, 2.75) is 12.7 Å². The molecule has 1 saturated heterocycles. The van der Waals surface area contributed by atoms with Crippen molar-refractivity contribution < 1.29 is 22.9 Å². The zero-order valence-electron chi connectivity index (χ0n) is 16.0. The molecule has 1 aromatic heterocycles. The smallest absolute Gasteiger partial charge is 0.422 e. The summed E-state index contributed by atoms with van der Waals surface area (Å²) in [5.41, 5.74) is 1.77. The lowest BCUT2D eigenvalue weighted by atomic mass is 10.1. The van der Waals surface area contributed by atoms with Crippen LogP contribution in [0, 0.1) is 10.1 Å². The van der Waals surface area contributed by atoms with E-state index in [1.165, 1.54) is 24.3 Å². The molecule has 1 aromatic carbocycles. The van der Waals surface area contributed by atoms with E-state index in [4.69, 9.17) is 16.3 Å². The highest BCUT2D eigenvalue weighted by Gasteiger charge is 2.32. The molecule has 0 N–H and O–H groups in total. The van der Waals surface area contributed by atoms with Crippen molar-refractivity contribution in [3.8, 4) is 5.75 Å². The molecule has 0 aliphatic carbocycles. The summed E-state index contributed by atoms with van der Waals surface area (Å²) in [7, 11) is 0. The zero-order chi connectivity index (χ0) is 22.6. The molecule has 164 valence electrons. The largest absolute Gasteiger partial charge is 0.484 e. The lowest BCUT2D eigenvalue weighted by Crippen LogP contribution is -2.33. The molecule has 12 heteroatoms. The Morgan fingerprint density at radius 3 is 2.55 bits per heavy atom. The molecule has 2 aromatic rings. The fourth-order valence-electron chi connectivity index (χ4n) is 2.97. The summed E-state index contributed by atoms with van der Waals surface area (Å²) < 4.78 is 41.5. The van der Waals surface area contributed by atoms with Crippen LogP contribution < -0.4 is 4.74 Å². The number of halogens is 4. The van der Waals surface area contributed by atoms with Crippen LogP contribution in [0.2, 0.25) is 5.15 Å². The van der Waals surface area contributed by atoms with Crippen LogP contribution in [0.3, 0.4) is 0 Å². The molecular formula is C19H17ClF3N5O3. The minimum atomic E-state index is -4.44. The van der Waals surface area contributed by atoms with Gasteiger partial charge in [-0.25, -0.2) is 15.1 Å². The maximum absolute atomic E-state index is 12.3. The van der Waals surface area contributed by atoms with Crippen LogP contribution in [0.25, 0.3) is 5.70 Å². The average Bonchev–Trinajstić information content (AvgIpc) is 3.09. The van der Waals surface area contributed by atoms with E-state index in [-0.39, 0.29) is 11.7 Å². The number of pyridine rings is 1. The summed E-state index contributed by atoms with van der Waals surface area (Å²) in [6.07, 6.45) is -2.86. The fourth-order valence-corrected chi connectivity index (χ4v) is 3.08. The first-order chi connectivity index (χ1) is 14.6. The molecule has 8 nitrogen and oxygen atoms in total. The zero-order valence-corrected chi connectivity index (χ0v) is 16.8. The molecule has 3 rings (SSSR count). The first-order valence-corrected chi connectivity index (χ1v) is 9.35. The van der Waals surface area contributed by atoms with Gasteiger partial charge < -0.3 is 14.5 Å². The molecule has 0 unspecified atom stereocenters. The Morgan fingerprint density at radius 1 is 1.26 bits per heavy atom. The van der Waals surface area contributed by atoms with E-state index in [9.17, 15) is 23.3 Å². The highest BCUT2D eigenvalue weighted by Crippen LogP contribution is 2.26. The number of ether oxygens (including phenoxy) is 1. The summed E-state index contributed by atoms with van der Waals surface area (Å²) in [5.74, 6) is 0.147. The lowest BCUT2D eigenvalue weighted by molar-refractivity contribution is -0.486. The quantitative estimate of drug-likeness (QED) is 0.356. The number of hydrogen-bond acceptors (Lipinski definition) is 4. The second-order valence-electron chi connectivity index (χ2n) is 6.58. The van der Waals surface area contributed by atoms with Gasteiger partial charge >= 0.3 is 6.18 Å². The SMILES string of the molecule is C=C(c1ccc(OCC(F)(F)F)cc1)N1CCN(Cc2ccc(Cl)nc2)/C1=N/[N+](=O)[O-]. The number of alkyl halides is 3. The Kier molecular flexibility index (Phi) is 6.64. The molecule has 0 bridgehead atoms.